The molecule has 2 heterocycles. The molecule has 1 unspecified atom stereocenters. The molecule has 0 aromatic heterocycles. The molecule has 0 radical (unpaired) electrons. The molecule has 2 aromatic rings. The molecule has 2 aliphatic carbocycles. The van der Waals surface area contributed by atoms with E-state index < -0.39 is 17.4 Å². The van der Waals surface area contributed by atoms with E-state index in [1.165, 1.54) is 0 Å². The first kappa shape index (κ1) is 16.8. The summed E-state index contributed by atoms with van der Waals surface area (Å²) >= 11 is 0. The van der Waals surface area contributed by atoms with Gasteiger partial charge in [-0.2, -0.15) is 0 Å². The average molecular weight is 393 g/mol. The lowest BCUT2D eigenvalue weighted by molar-refractivity contribution is 0.0877. The van der Waals surface area contributed by atoms with Gasteiger partial charge in [-0.05, 0) is 30.4 Å². The second kappa shape index (κ2) is 5.94. The van der Waals surface area contributed by atoms with E-state index in [-0.39, 0.29) is 5.56 Å². The molecule has 0 saturated heterocycles. The summed E-state index contributed by atoms with van der Waals surface area (Å²) in [7, 11) is 0. The van der Waals surface area contributed by atoms with E-state index in [1.807, 2.05) is 78.9 Å². The fourth-order valence-electron chi connectivity index (χ4n) is 4.23. The van der Waals surface area contributed by atoms with Crippen LogP contribution in [0.1, 0.15) is 26.3 Å². The van der Waals surface area contributed by atoms with Gasteiger partial charge in [0.1, 0.15) is 17.3 Å². The summed E-state index contributed by atoms with van der Waals surface area (Å²) in [6.45, 7) is 0. The van der Waals surface area contributed by atoms with Crippen LogP contribution in [-0.4, -0.2) is 17.4 Å². The Morgan fingerprint density at radius 3 is 2.63 bits per heavy atom. The molecule has 2 aliphatic heterocycles. The predicted molar refractivity (Wildman–Crippen MR) is 111 cm³/mol. The largest absolute Gasteiger partial charge is 0.472 e. The highest BCUT2D eigenvalue weighted by Gasteiger charge is 2.45. The highest BCUT2D eigenvalue weighted by molar-refractivity contribution is 6.23. The van der Waals surface area contributed by atoms with Crippen molar-refractivity contribution in [1.82, 2.24) is 5.32 Å². The van der Waals surface area contributed by atoms with Gasteiger partial charge in [-0.1, -0.05) is 48.6 Å². The zero-order chi connectivity index (χ0) is 20.3. The van der Waals surface area contributed by atoms with Gasteiger partial charge >= 0.3 is 0 Å². The van der Waals surface area contributed by atoms with Crippen LogP contribution in [0, 0.1) is 0 Å². The lowest BCUT2D eigenvalue weighted by Crippen LogP contribution is -2.42. The molecule has 1 atom stereocenters. The normalized spacial score (nSPS) is 22.5. The summed E-state index contributed by atoms with van der Waals surface area (Å²) in [5.41, 5.74) is 2.30. The van der Waals surface area contributed by atoms with Crippen molar-refractivity contribution in [2.75, 3.05) is 0 Å². The fraction of sp³-hybridized carbons (Fsp3) is 0.0400. The number of ether oxygens (including phenoxy) is 2. The third kappa shape index (κ3) is 2.29. The SMILES string of the molecule is O=C1NC(=O)c2c1ccc1c2OC23C=C(Oc4ccccc4)C=CC2=CC=CC3=C1. The minimum absolute atomic E-state index is 0.282. The molecule has 5 nitrogen and oxygen atoms in total. The Kier molecular flexibility index (Phi) is 3.33. The van der Waals surface area contributed by atoms with Crippen molar-refractivity contribution in [2.45, 2.75) is 5.60 Å². The zero-order valence-electron chi connectivity index (χ0n) is 15.7. The number of allylic oxidation sites excluding steroid dienone is 3. The average Bonchev–Trinajstić information content (AvgIpc) is 3.05. The quantitative estimate of drug-likeness (QED) is 0.780. The van der Waals surface area contributed by atoms with Gasteiger partial charge in [0.15, 0.2) is 5.60 Å². The lowest BCUT2D eigenvalue weighted by atomic mass is 9.76. The molecule has 5 heteroatoms. The summed E-state index contributed by atoms with van der Waals surface area (Å²) in [5.74, 6) is 0.923. The van der Waals surface area contributed by atoms with Crippen molar-refractivity contribution < 1.29 is 19.1 Å². The van der Waals surface area contributed by atoms with E-state index in [2.05, 4.69) is 5.32 Å². The number of benzene rings is 2. The van der Waals surface area contributed by atoms with E-state index in [0.29, 0.717) is 17.1 Å². The van der Waals surface area contributed by atoms with E-state index in [4.69, 9.17) is 9.47 Å². The standard InChI is InChI=1S/C25H15NO4/c27-23-20-12-9-15-13-17-6-4-5-16-10-11-19(29-18-7-2-1-3-8-18)14-25(16,17)30-22(15)21(20)24(28)26-23/h1-14H,(H,26,27,28). The second-order valence-electron chi connectivity index (χ2n) is 7.40. The Balaban J connectivity index is 1.50. The van der Waals surface area contributed by atoms with Crippen molar-refractivity contribution in [3.8, 4) is 11.5 Å². The topological polar surface area (TPSA) is 64.6 Å². The van der Waals surface area contributed by atoms with Gasteiger partial charge < -0.3 is 9.47 Å². The lowest BCUT2D eigenvalue weighted by Gasteiger charge is -2.41. The van der Waals surface area contributed by atoms with Crippen molar-refractivity contribution >= 4 is 17.9 Å². The molecule has 144 valence electrons. The Labute approximate surface area is 172 Å². The number of imide groups is 1. The Hall–Kier alpha value is -4.12. The maximum absolute atomic E-state index is 12.5. The van der Waals surface area contributed by atoms with Crippen LogP contribution in [0.15, 0.2) is 95.8 Å². The summed E-state index contributed by atoms with van der Waals surface area (Å²) in [4.78, 5) is 24.6. The minimum atomic E-state index is -0.929. The highest BCUT2D eigenvalue weighted by atomic mass is 16.5. The molecule has 6 rings (SSSR count). The number of hydrogen-bond donors (Lipinski definition) is 1. The van der Waals surface area contributed by atoms with Crippen LogP contribution < -0.4 is 14.8 Å². The number of fused-ring (bicyclic) bond motifs is 3. The highest BCUT2D eigenvalue weighted by Crippen LogP contribution is 2.48. The van der Waals surface area contributed by atoms with Crippen LogP contribution in [0.25, 0.3) is 6.08 Å². The van der Waals surface area contributed by atoms with Crippen LogP contribution >= 0.6 is 0 Å². The third-order valence-electron chi connectivity index (χ3n) is 5.62. The first-order valence-corrected chi connectivity index (χ1v) is 9.61. The molecule has 2 aromatic carbocycles. The molecule has 1 spiro atoms. The zero-order valence-corrected chi connectivity index (χ0v) is 15.7. The van der Waals surface area contributed by atoms with E-state index in [1.54, 1.807) is 6.07 Å². The molecule has 2 amide bonds. The Morgan fingerprint density at radius 2 is 1.77 bits per heavy atom. The van der Waals surface area contributed by atoms with Crippen molar-refractivity contribution in [2.24, 2.45) is 0 Å². The van der Waals surface area contributed by atoms with Gasteiger partial charge in [0.25, 0.3) is 11.8 Å². The number of nitrogens with one attached hydrogen (secondary N) is 1. The van der Waals surface area contributed by atoms with Crippen LogP contribution in [0.3, 0.4) is 0 Å². The third-order valence-corrected chi connectivity index (χ3v) is 5.62. The predicted octanol–water partition coefficient (Wildman–Crippen LogP) is 4.11. The van der Waals surface area contributed by atoms with E-state index in [9.17, 15) is 9.59 Å². The number of amides is 2. The number of para-hydroxylation sites is 1. The summed E-state index contributed by atoms with van der Waals surface area (Å²) < 4.78 is 12.6. The summed E-state index contributed by atoms with van der Waals surface area (Å²) in [5, 5.41) is 2.35. The van der Waals surface area contributed by atoms with E-state index in [0.717, 1.165) is 22.5 Å². The molecule has 0 fully saturated rings. The molecular formula is C25H15NO4. The molecule has 4 aliphatic rings. The summed E-state index contributed by atoms with van der Waals surface area (Å²) in [6, 6.07) is 13.0. The monoisotopic (exact) mass is 393 g/mol. The maximum Gasteiger partial charge on any atom is 0.262 e. The second-order valence-corrected chi connectivity index (χ2v) is 7.40. The van der Waals surface area contributed by atoms with Gasteiger partial charge in [-0.15, -0.1) is 0 Å². The van der Waals surface area contributed by atoms with Crippen LogP contribution in [0.4, 0.5) is 0 Å². The molecule has 1 N–H and O–H groups in total. The Bertz CT molecular complexity index is 1290. The molecule has 0 bridgehead atoms. The number of carbonyl (C=O) groups excluding carboxylic acids is 2. The van der Waals surface area contributed by atoms with Crippen LogP contribution in [0.5, 0.6) is 11.5 Å². The van der Waals surface area contributed by atoms with Gasteiger partial charge in [-0.25, -0.2) is 0 Å². The van der Waals surface area contributed by atoms with Gasteiger partial charge in [0, 0.05) is 22.8 Å². The van der Waals surface area contributed by atoms with Crippen LogP contribution in [-0.2, 0) is 0 Å². The molecule has 30 heavy (non-hydrogen) atoms. The number of carbonyl (C=O) groups is 2. The Morgan fingerprint density at radius 1 is 0.900 bits per heavy atom. The number of hydrogen-bond acceptors (Lipinski definition) is 4. The van der Waals surface area contributed by atoms with Crippen molar-refractivity contribution in [1.29, 1.82) is 0 Å². The molecular weight excluding hydrogens is 378 g/mol. The summed E-state index contributed by atoms with van der Waals surface area (Å²) in [6.07, 6.45) is 13.7. The first-order valence-electron chi connectivity index (χ1n) is 9.61. The maximum atomic E-state index is 12.5. The van der Waals surface area contributed by atoms with Gasteiger partial charge in [-0.3, -0.25) is 14.9 Å². The molecule has 0 saturated carbocycles. The van der Waals surface area contributed by atoms with Gasteiger partial charge in [0.05, 0.1) is 11.1 Å². The van der Waals surface area contributed by atoms with E-state index >= 15 is 0 Å². The van der Waals surface area contributed by atoms with Crippen LogP contribution in [0.2, 0.25) is 0 Å². The first-order chi connectivity index (χ1) is 14.6. The minimum Gasteiger partial charge on any atom is -0.472 e. The van der Waals surface area contributed by atoms with Gasteiger partial charge in [0.2, 0.25) is 0 Å². The van der Waals surface area contributed by atoms with Crippen molar-refractivity contribution in [3.05, 3.63) is 113 Å². The smallest absolute Gasteiger partial charge is 0.262 e. The fourth-order valence-corrected chi connectivity index (χ4v) is 4.23. The number of rotatable bonds is 2. The van der Waals surface area contributed by atoms with Crippen molar-refractivity contribution in [3.63, 3.8) is 0 Å².